The number of hydrogen-bond donors (Lipinski definition) is 0. The van der Waals surface area contributed by atoms with Crippen LogP contribution in [0.5, 0.6) is 0 Å². The van der Waals surface area contributed by atoms with Gasteiger partial charge in [-0.05, 0) is 56.2 Å². The summed E-state index contributed by atoms with van der Waals surface area (Å²) in [6, 6.07) is 6.82. The predicted octanol–water partition coefficient (Wildman–Crippen LogP) is 5.55. The van der Waals surface area contributed by atoms with E-state index in [4.69, 9.17) is 0 Å². The monoisotopic (exact) mass is 287 g/mol. The molecule has 0 saturated heterocycles. The lowest BCUT2D eigenvalue weighted by Crippen LogP contribution is -2.51. The lowest BCUT2D eigenvalue weighted by Gasteiger charge is -2.48. The Hall–Kier alpha value is -0.980. The van der Waals surface area contributed by atoms with Crippen LogP contribution in [0.2, 0.25) is 0 Å². The zero-order valence-electron chi connectivity index (χ0n) is 15.5. The number of rotatable bonds is 1. The summed E-state index contributed by atoms with van der Waals surface area (Å²) in [7, 11) is 0. The normalized spacial score (nSPS) is 22.9. The minimum Gasteiger partial charge on any atom is -0.366 e. The van der Waals surface area contributed by atoms with Crippen LogP contribution in [0.1, 0.15) is 66.5 Å². The lowest BCUT2D eigenvalue weighted by molar-refractivity contribution is 0.133. The largest absolute Gasteiger partial charge is 0.366 e. The highest BCUT2D eigenvalue weighted by Gasteiger charge is 2.54. The molecule has 0 radical (unpaired) electrons. The van der Waals surface area contributed by atoms with Crippen molar-refractivity contribution < 1.29 is 0 Å². The molecular weight excluding hydrogens is 254 g/mol. The zero-order chi connectivity index (χ0) is 16.2. The second kappa shape index (κ2) is 4.76. The Morgan fingerprint density at radius 3 is 2.05 bits per heavy atom. The van der Waals surface area contributed by atoms with Crippen LogP contribution in [0.4, 0.5) is 5.69 Å². The molecule has 0 bridgehead atoms. The van der Waals surface area contributed by atoms with Crippen LogP contribution in [0.15, 0.2) is 18.2 Å². The second-order valence-electron chi connectivity index (χ2n) is 9.10. The number of nitrogens with zero attached hydrogens (tertiary/aromatic N) is 1. The molecule has 1 unspecified atom stereocenters. The SMILES string of the molecule is Cc1cccc2c1C(C(C)C)(C(C)(C)C)CN2C(C)(C)C. The lowest BCUT2D eigenvalue weighted by atomic mass is 9.57. The van der Waals surface area contributed by atoms with Crippen molar-refractivity contribution in [3.8, 4) is 0 Å². The van der Waals surface area contributed by atoms with Gasteiger partial charge in [0.2, 0.25) is 0 Å². The molecule has 0 spiro atoms. The van der Waals surface area contributed by atoms with Crippen LogP contribution < -0.4 is 4.90 Å². The maximum absolute atomic E-state index is 2.63. The van der Waals surface area contributed by atoms with Gasteiger partial charge >= 0.3 is 0 Å². The minimum atomic E-state index is 0.157. The van der Waals surface area contributed by atoms with Crippen LogP contribution in [-0.2, 0) is 5.41 Å². The molecule has 1 aromatic rings. The molecule has 21 heavy (non-hydrogen) atoms. The van der Waals surface area contributed by atoms with Gasteiger partial charge in [0, 0.05) is 23.2 Å². The van der Waals surface area contributed by atoms with Crippen molar-refractivity contribution in [1.29, 1.82) is 0 Å². The first-order valence-corrected chi connectivity index (χ1v) is 8.30. The van der Waals surface area contributed by atoms with Crippen molar-refractivity contribution in [3.05, 3.63) is 29.3 Å². The third-order valence-corrected chi connectivity index (χ3v) is 5.53. The third-order valence-electron chi connectivity index (χ3n) is 5.53. The Bertz CT molecular complexity index is 528. The molecule has 1 atom stereocenters. The van der Waals surface area contributed by atoms with Gasteiger partial charge in [0.25, 0.3) is 0 Å². The Balaban J connectivity index is 2.79. The van der Waals surface area contributed by atoms with Gasteiger partial charge in [-0.3, -0.25) is 0 Å². The summed E-state index contributed by atoms with van der Waals surface area (Å²) in [5, 5.41) is 0. The highest BCUT2D eigenvalue weighted by molar-refractivity contribution is 5.67. The summed E-state index contributed by atoms with van der Waals surface area (Å²) in [6.07, 6.45) is 0. The van der Waals surface area contributed by atoms with E-state index in [1.54, 1.807) is 5.56 Å². The van der Waals surface area contributed by atoms with E-state index in [1.807, 2.05) is 0 Å². The van der Waals surface area contributed by atoms with Gasteiger partial charge < -0.3 is 4.90 Å². The van der Waals surface area contributed by atoms with Crippen LogP contribution in [-0.4, -0.2) is 12.1 Å². The van der Waals surface area contributed by atoms with E-state index in [0.717, 1.165) is 6.54 Å². The average Bonchev–Trinajstić information content (AvgIpc) is 2.65. The summed E-state index contributed by atoms with van der Waals surface area (Å²) in [5.74, 6) is 0.615. The number of benzene rings is 1. The van der Waals surface area contributed by atoms with Gasteiger partial charge in [0.15, 0.2) is 0 Å². The van der Waals surface area contributed by atoms with Crippen molar-refractivity contribution in [2.75, 3.05) is 11.4 Å². The van der Waals surface area contributed by atoms with Gasteiger partial charge in [-0.2, -0.15) is 0 Å². The second-order valence-corrected chi connectivity index (χ2v) is 9.10. The first-order chi connectivity index (χ1) is 9.43. The fraction of sp³-hybridized carbons (Fsp3) is 0.700. The Kier molecular flexibility index (Phi) is 3.72. The van der Waals surface area contributed by atoms with Crippen LogP contribution in [0, 0.1) is 18.3 Å². The molecule has 1 aliphatic heterocycles. The van der Waals surface area contributed by atoms with Crippen molar-refractivity contribution in [2.24, 2.45) is 11.3 Å². The van der Waals surface area contributed by atoms with E-state index >= 15 is 0 Å². The highest BCUT2D eigenvalue weighted by atomic mass is 15.2. The number of hydrogen-bond acceptors (Lipinski definition) is 1. The number of anilines is 1. The smallest absolute Gasteiger partial charge is 0.0412 e. The van der Waals surface area contributed by atoms with Crippen molar-refractivity contribution in [1.82, 2.24) is 0 Å². The molecule has 1 aliphatic rings. The van der Waals surface area contributed by atoms with Gasteiger partial charge in [0.1, 0.15) is 0 Å². The molecular formula is C20H33N. The Labute approximate surface area is 131 Å². The number of fused-ring (bicyclic) bond motifs is 1. The van der Waals surface area contributed by atoms with Crippen LogP contribution >= 0.6 is 0 Å². The fourth-order valence-electron chi connectivity index (χ4n) is 4.42. The van der Waals surface area contributed by atoms with Gasteiger partial charge in [0.05, 0.1) is 0 Å². The summed E-state index contributed by atoms with van der Waals surface area (Å²) in [6.45, 7) is 22.4. The Morgan fingerprint density at radius 2 is 1.62 bits per heavy atom. The first-order valence-electron chi connectivity index (χ1n) is 8.30. The molecule has 0 saturated carbocycles. The quantitative estimate of drug-likeness (QED) is 0.654. The summed E-state index contributed by atoms with van der Waals surface area (Å²) >= 11 is 0. The summed E-state index contributed by atoms with van der Waals surface area (Å²) < 4.78 is 0. The molecule has 1 aromatic carbocycles. The molecule has 0 aromatic heterocycles. The van der Waals surface area contributed by atoms with Crippen molar-refractivity contribution >= 4 is 5.69 Å². The molecule has 0 fully saturated rings. The molecule has 1 heteroatoms. The van der Waals surface area contributed by atoms with Crippen molar-refractivity contribution in [2.45, 2.75) is 73.3 Å². The average molecular weight is 287 g/mol. The molecule has 118 valence electrons. The van der Waals surface area contributed by atoms with Crippen molar-refractivity contribution in [3.63, 3.8) is 0 Å². The van der Waals surface area contributed by atoms with E-state index in [2.05, 4.69) is 85.4 Å². The fourth-order valence-corrected chi connectivity index (χ4v) is 4.42. The van der Waals surface area contributed by atoms with Crippen LogP contribution in [0.3, 0.4) is 0 Å². The molecule has 0 amide bonds. The Morgan fingerprint density at radius 1 is 1.05 bits per heavy atom. The van der Waals surface area contributed by atoms with E-state index in [-0.39, 0.29) is 16.4 Å². The first kappa shape index (κ1) is 16.4. The molecule has 0 N–H and O–H groups in total. The van der Waals surface area contributed by atoms with E-state index in [1.165, 1.54) is 11.3 Å². The zero-order valence-corrected chi connectivity index (χ0v) is 15.5. The summed E-state index contributed by atoms with van der Waals surface area (Å²) in [5.41, 5.74) is 5.09. The van der Waals surface area contributed by atoms with E-state index in [9.17, 15) is 0 Å². The highest BCUT2D eigenvalue weighted by Crippen LogP contribution is 2.57. The van der Waals surface area contributed by atoms with Gasteiger partial charge in [-0.25, -0.2) is 0 Å². The molecule has 1 nitrogen and oxygen atoms in total. The maximum atomic E-state index is 2.63. The molecule has 1 heterocycles. The topological polar surface area (TPSA) is 3.24 Å². The predicted molar refractivity (Wildman–Crippen MR) is 94.2 cm³/mol. The minimum absolute atomic E-state index is 0.157. The van der Waals surface area contributed by atoms with Crippen LogP contribution in [0.25, 0.3) is 0 Å². The molecule has 0 aliphatic carbocycles. The summed E-state index contributed by atoms with van der Waals surface area (Å²) in [4.78, 5) is 2.63. The third kappa shape index (κ3) is 2.29. The molecule has 2 rings (SSSR count). The van der Waals surface area contributed by atoms with E-state index in [0.29, 0.717) is 5.92 Å². The maximum Gasteiger partial charge on any atom is 0.0412 e. The van der Waals surface area contributed by atoms with Gasteiger partial charge in [-0.1, -0.05) is 46.8 Å². The van der Waals surface area contributed by atoms with Gasteiger partial charge in [-0.15, -0.1) is 0 Å². The number of aryl methyl sites for hydroxylation is 1. The van der Waals surface area contributed by atoms with E-state index < -0.39 is 0 Å². The standard InChI is InChI=1S/C20H33N/c1-14(2)20(18(4,5)6)13-21(19(7,8)9)16-12-10-11-15(3)17(16)20/h10-12,14H,13H2,1-9H3.